The lowest BCUT2D eigenvalue weighted by Gasteiger charge is -2.23. The molecule has 1 fully saturated rings. The van der Waals surface area contributed by atoms with E-state index < -0.39 is 0 Å². The van der Waals surface area contributed by atoms with E-state index in [1.165, 1.54) is 0 Å². The Labute approximate surface area is 114 Å². The maximum atomic E-state index is 12.2. The number of rotatable bonds is 4. The molecule has 0 saturated carbocycles. The van der Waals surface area contributed by atoms with Crippen LogP contribution in [-0.2, 0) is 4.79 Å². The molecule has 0 aliphatic carbocycles. The number of hydrogen-bond donors (Lipinski definition) is 2. The Bertz CT molecular complexity index is 440. The third kappa shape index (κ3) is 3.70. The van der Waals surface area contributed by atoms with E-state index in [1.807, 2.05) is 32.0 Å². The van der Waals surface area contributed by atoms with Crippen LogP contribution in [-0.4, -0.2) is 25.1 Å². The number of hydrogen-bond acceptors (Lipinski definition) is 3. The highest BCUT2D eigenvalue weighted by Gasteiger charge is 2.21. The summed E-state index contributed by atoms with van der Waals surface area (Å²) in [4.78, 5) is 12.2. The smallest absolute Gasteiger partial charge is 0.241 e. The van der Waals surface area contributed by atoms with Crippen LogP contribution in [0.25, 0.3) is 0 Å². The Morgan fingerprint density at radius 1 is 1.47 bits per heavy atom. The number of aryl methyl sites for hydroxylation is 1. The van der Waals surface area contributed by atoms with Crippen molar-refractivity contribution < 1.29 is 9.53 Å². The summed E-state index contributed by atoms with van der Waals surface area (Å²) in [6, 6.07) is 5.76. The highest BCUT2D eigenvalue weighted by molar-refractivity contribution is 5.96. The van der Waals surface area contributed by atoms with Crippen molar-refractivity contribution in [3.05, 3.63) is 23.8 Å². The molecule has 1 saturated heterocycles. The van der Waals surface area contributed by atoms with E-state index in [1.54, 1.807) is 0 Å². The molecule has 1 heterocycles. The van der Waals surface area contributed by atoms with Gasteiger partial charge in [0.2, 0.25) is 5.91 Å². The molecular weight excluding hydrogens is 240 g/mol. The van der Waals surface area contributed by atoms with E-state index >= 15 is 0 Å². The summed E-state index contributed by atoms with van der Waals surface area (Å²) in [5.74, 6) is 0.774. The summed E-state index contributed by atoms with van der Waals surface area (Å²) in [5, 5.41) is 6.21. The number of amides is 1. The van der Waals surface area contributed by atoms with E-state index in [2.05, 4.69) is 10.6 Å². The van der Waals surface area contributed by atoms with Gasteiger partial charge in [0.15, 0.2) is 0 Å². The Balaban J connectivity index is 2.06. The van der Waals surface area contributed by atoms with Crippen molar-refractivity contribution in [2.45, 2.75) is 39.2 Å². The predicted octanol–water partition coefficient (Wildman–Crippen LogP) is 2.47. The van der Waals surface area contributed by atoms with Crippen molar-refractivity contribution >= 4 is 11.6 Å². The molecule has 1 aromatic carbocycles. The van der Waals surface area contributed by atoms with E-state index in [0.29, 0.717) is 6.61 Å². The van der Waals surface area contributed by atoms with Gasteiger partial charge in [0.1, 0.15) is 5.75 Å². The molecule has 1 aromatic rings. The first-order chi connectivity index (χ1) is 9.20. The van der Waals surface area contributed by atoms with E-state index in [-0.39, 0.29) is 11.9 Å². The van der Waals surface area contributed by atoms with Crippen LogP contribution in [0.4, 0.5) is 5.69 Å². The van der Waals surface area contributed by atoms with Crippen molar-refractivity contribution in [1.82, 2.24) is 5.32 Å². The van der Waals surface area contributed by atoms with Gasteiger partial charge in [-0.15, -0.1) is 0 Å². The molecule has 104 valence electrons. The van der Waals surface area contributed by atoms with Crippen LogP contribution < -0.4 is 15.4 Å². The molecule has 19 heavy (non-hydrogen) atoms. The second-order valence-corrected chi connectivity index (χ2v) is 4.92. The van der Waals surface area contributed by atoms with Gasteiger partial charge in [-0.3, -0.25) is 4.79 Å². The first-order valence-corrected chi connectivity index (χ1v) is 6.98. The van der Waals surface area contributed by atoms with Gasteiger partial charge in [-0.1, -0.05) is 12.5 Å². The van der Waals surface area contributed by atoms with Crippen LogP contribution >= 0.6 is 0 Å². The first kappa shape index (κ1) is 13.9. The van der Waals surface area contributed by atoms with Gasteiger partial charge in [-0.05, 0) is 50.9 Å². The average Bonchev–Trinajstić information content (AvgIpc) is 2.43. The minimum absolute atomic E-state index is 0.0320. The third-order valence-corrected chi connectivity index (χ3v) is 3.32. The molecule has 2 rings (SSSR count). The zero-order chi connectivity index (χ0) is 13.7. The summed E-state index contributed by atoms with van der Waals surface area (Å²) in [5.41, 5.74) is 1.88. The van der Waals surface area contributed by atoms with Crippen molar-refractivity contribution in [3.8, 4) is 5.75 Å². The van der Waals surface area contributed by atoms with Crippen LogP contribution in [0.15, 0.2) is 18.2 Å². The molecule has 0 bridgehead atoms. The lowest BCUT2D eigenvalue weighted by atomic mass is 10.0. The van der Waals surface area contributed by atoms with Gasteiger partial charge in [0.25, 0.3) is 0 Å². The summed E-state index contributed by atoms with van der Waals surface area (Å²) in [6.07, 6.45) is 3.16. The fourth-order valence-corrected chi connectivity index (χ4v) is 2.30. The van der Waals surface area contributed by atoms with Crippen molar-refractivity contribution in [2.75, 3.05) is 18.5 Å². The van der Waals surface area contributed by atoms with Gasteiger partial charge < -0.3 is 15.4 Å². The summed E-state index contributed by atoms with van der Waals surface area (Å²) >= 11 is 0. The second-order valence-electron chi connectivity index (χ2n) is 4.92. The van der Waals surface area contributed by atoms with Gasteiger partial charge in [-0.25, -0.2) is 0 Å². The zero-order valence-corrected chi connectivity index (χ0v) is 11.7. The maximum absolute atomic E-state index is 12.2. The predicted molar refractivity (Wildman–Crippen MR) is 76.6 cm³/mol. The summed E-state index contributed by atoms with van der Waals surface area (Å²) in [6.45, 7) is 5.46. The molecule has 0 unspecified atom stereocenters. The van der Waals surface area contributed by atoms with Crippen molar-refractivity contribution in [2.24, 2.45) is 0 Å². The molecule has 2 N–H and O–H groups in total. The molecule has 4 nitrogen and oxygen atoms in total. The van der Waals surface area contributed by atoms with Crippen LogP contribution in [0, 0.1) is 6.92 Å². The molecular formula is C15H22N2O2. The zero-order valence-electron chi connectivity index (χ0n) is 11.7. The number of piperidine rings is 1. The molecule has 1 amide bonds. The largest absolute Gasteiger partial charge is 0.492 e. The Morgan fingerprint density at radius 2 is 2.32 bits per heavy atom. The van der Waals surface area contributed by atoms with E-state index in [4.69, 9.17) is 4.74 Å². The number of ether oxygens (including phenoxy) is 1. The number of carbonyl (C=O) groups is 1. The molecule has 1 aliphatic heterocycles. The van der Waals surface area contributed by atoms with Crippen molar-refractivity contribution in [1.29, 1.82) is 0 Å². The minimum atomic E-state index is -0.0791. The van der Waals surface area contributed by atoms with E-state index in [9.17, 15) is 4.79 Å². The first-order valence-electron chi connectivity index (χ1n) is 6.98. The lowest BCUT2D eigenvalue weighted by molar-refractivity contribution is -0.118. The number of benzene rings is 1. The van der Waals surface area contributed by atoms with Crippen molar-refractivity contribution in [3.63, 3.8) is 0 Å². The number of carbonyl (C=O) groups excluding carboxylic acids is 1. The molecule has 4 heteroatoms. The van der Waals surface area contributed by atoms with E-state index in [0.717, 1.165) is 42.8 Å². The molecule has 1 aliphatic rings. The van der Waals surface area contributed by atoms with Crippen LogP contribution in [0.1, 0.15) is 31.7 Å². The second kappa shape index (κ2) is 6.57. The quantitative estimate of drug-likeness (QED) is 0.876. The molecule has 0 aromatic heterocycles. The number of anilines is 1. The molecule has 1 atom stereocenters. The SMILES string of the molecule is CCOc1cc(C)ccc1NC(=O)[C@H]1CCCCN1. The van der Waals surface area contributed by atoms with Crippen LogP contribution in [0.2, 0.25) is 0 Å². The van der Waals surface area contributed by atoms with Gasteiger partial charge in [-0.2, -0.15) is 0 Å². The molecule has 0 spiro atoms. The normalized spacial score (nSPS) is 18.9. The van der Waals surface area contributed by atoms with Gasteiger partial charge >= 0.3 is 0 Å². The molecule has 0 radical (unpaired) electrons. The van der Waals surface area contributed by atoms with Gasteiger partial charge in [0.05, 0.1) is 18.3 Å². The maximum Gasteiger partial charge on any atom is 0.241 e. The minimum Gasteiger partial charge on any atom is -0.492 e. The summed E-state index contributed by atoms with van der Waals surface area (Å²) in [7, 11) is 0. The topological polar surface area (TPSA) is 50.4 Å². The standard InChI is InChI=1S/C15H22N2O2/c1-3-19-14-10-11(2)7-8-12(14)17-15(18)13-6-4-5-9-16-13/h7-8,10,13,16H,3-6,9H2,1-2H3,(H,17,18)/t13-/m1/s1. The average molecular weight is 262 g/mol. The highest BCUT2D eigenvalue weighted by Crippen LogP contribution is 2.26. The summed E-state index contributed by atoms with van der Waals surface area (Å²) < 4.78 is 5.57. The fraction of sp³-hybridized carbons (Fsp3) is 0.533. The van der Waals surface area contributed by atoms with Gasteiger partial charge in [0, 0.05) is 0 Å². The highest BCUT2D eigenvalue weighted by atomic mass is 16.5. The Kier molecular flexibility index (Phi) is 4.80. The third-order valence-electron chi connectivity index (χ3n) is 3.32. The van der Waals surface area contributed by atoms with Crippen LogP contribution in [0.5, 0.6) is 5.75 Å². The lowest BCUT2D eigenvalue weighted by Crippen LogP contribution is -2.43. The Morgan fingerprint density at radius 3 is 3.00 bits per heavy atom. The fourth-order valence-electron chi connectivity index (χ4n) is 2.30. The monoisotopic (exact) mass is 262 g/mol. The Hall–Kier alpha value is -1.55. The number of nitrogens with one attached hydrogen (secondary N) is 2. The van der Waals surface area contributed by atoms with Crippen LogP contribution in [0.3, 0.4) is 0 Å².